The van der Waals surface area contributed by atoms with Gasteiger partial charge in [0, 0.05) is 0 Å². The summed E-state index contributed by atoms with van der Waals surface area (Å²) in [5.41, 5.74) is 0.841. The zero-order valence-corrected chi connectivity index (χ0v) is 9.49. The van der Waals surface area contributed by atoms with E-state index in [1.807, 2.05) is 0 Å². The van der Waals surface area contributed by atoms with Gasteiger partial charge >= 0.3 is 10.5 Å². The van der Waals surface area contributed by atoms with E-state index in [0.29, 0.717) is 11.3 Å². The maximum absolute atomic E-state index is 12.0. The van der Waals surface area contributed by atoms with Gasteiger partial charge in [-0.2, -0.15) is 8.42 Å². The van der Waals surface area contributed by atoms with Crippen LogP contribution in [0, 0.1) is 0 Å². The molecule has 0 radical (unpaired) electrons. The molecule has 0 amide bonds. The molecule has 0 aliphatic rings. The second-order valence-electron chi connectivity index (χ2n) is 2.87. The van der Waals surface area contributed by atoms with Crippen molar-refractivity contribution in [2.45, 2.75) is 6.92 Å². The van der Waals surface area contributed by atoms with E-state index < -0.39 is 10.5 Å². The number of hydrogen-bond donors (Lipinski definition) is 0. The SMILES string of the molecule is COc1ccc(C(C)=NOS(=O)(=O)F)cc1. The summed E-state index contributed by atoms with van der Waals surface area (Å²) in [5.74, 6) is 0.649. The van der Waals surface area contributed by atoms with Crippen LogP contribution < -0.4 is 4.74 Å². The number of methoxy groups -OCH3 is 1. The van der Waals surface area contributed by atoms with Gasteiger partial charge in [-0.05, 0) is 36.8 Å². The molecule has 0 atom stereocenters. The Morgan fingerprint density at radius 2 is 1.88 bits per heavy atom. The maximum Gasteiger partial charge on any atom is 0.509 e. The van der Waals surface area contributed by atoms with Gasteiger partial charge in [0.05, 0.1) is 12.8 Å². The number of ether oxygens (including phenoxy) is 1. The largest absolute Gasteiger partial charge is 0.509 e. The van der Waals surface area contributed by atoms with Gasteiger partial charge in [-0.25, -0.2) is 4.28 Å². The molecule has 0 bridgehead atoms. The summed E-state index contributed by atoms with van der Waals surface area (Å²) in [4.78, 5) is 0. The highest BCUT2D eigenvalue weighted by atomic mass is 32.3. The quantitative estimate of drug-likeness (QED) is 0.461. The Hall–Kier alpha value is -1.63. The first-order valence-electron chi connectivity index (χ1n) is 4.24. The molecule has 16 heavy (non-hydrogen) atoms. The topological polar surface area (TPSA) is 65.0 Å². The molecule has 1 rings (SSSR count). The highest BCUT2D eigenvalue weighted by Crippen LogP contribution is 2.12. The second kappa shape index (κ2) is 4.93. The normalized spacial score (nSPS) is 12.3. The van der Waals surface area contributed by atoms with E-state index in [1.54, 1.807) is 24.3 Å². The molecule has 0 N–H and O–H groups in total. The van der Waals surface area contributed by atoms with Crippen LogP contribution in [0.25, 0.3) is 0 Å². The van der Waals surface area contributed by atoms with Gasteiger partial charge in [-0.1, -0.05) is 9.04 Å². The van der Waals surface area contributed by atoms with Crippen LogP contribution in [0.1, 0.15) is 12.5 Å². The van der Waals surface area contributed by atoms with Gasteiger partial charge in [0.2, 0.25) is 0 Å². The Kier molecular flexibility index (Phi) is 3.83. The van der Waals surface area contributed by atoms with E-state index in [2.05, 4.69) is 9.44 Å². The van der Waals surface area contributed by atoms with Crippen molar-refractivity contribution in [2.75, 3.05) is 7.11 Å². The molecule has 0 aliphatic heterocycles. The van der Waals surface area contributed by atoms with Gasteiger partial charge in [0.15, 0.2) is 0 Å². The van der Waals surface area contributed by atoms with Crippen LogP contribution in [0.2, 0.25) is 0 Å². The van der Waals surface area contributed by atoms with E-state index in [-0.39, 0.29) is 5.71 Å². The number of benzene rings is 1. The predicted molar refractivity (Wildman–Crippen MR) is 56.3 cm³/mol. The van der Waals surface area contributed by atoms with Crippen molar-refractivity contribution < 1.29 is 21.3 Å². The highest BCUT2D eigenvalue weighted by Gasteiger charge is 2.07. The molecule has 0 spiro atoms. The fourth-order valence-corrected chi connectivity index (χ4v) is 1.19. The minimum absolute atomic E-state index is 0.240. The Morgan fingerprint density at radius 1 is 1.31 bits per heavy atom. The molecule has 0 saturated carbocycles. The van der Waals surface area contributed by atoms with E-state index in [9.17, 15) is 12.3 Å². The summed E-state index contributed by atoms with van der Waals surface area (Å²) in [7, 11) is -3.53. The number of rotatable bonds is 4. The first kappa shape index (κ1) is 12.4. The third kappa shape index (κ3) is 3.85. The Labute approximate surface area is 92.9 Å². The van der Waals surface area contributed by atoms with Crippen molar-refractivity contribution in [3.63, 3.8) is 0 Å². The summed E-state index contributed by atoms with van der Waals surface area (Å²) in [6, 6.07) is 6.62. The van der Waals surface area contributed by atoms with Gasteiger partial charge in [-0.3, -0.25) is 0 Å². The van der Waals surface area contributed by atoms with Crippen molar-refractivity contribution in [1.29, 1.82) is 0 Å². The fraction of sp³-hybridized carbons (Fsp3) is 0.222. The van der Waals surface area contributed by atoms with E-state index in [4.69, 9.17) is 4.74 Å². The molecule has 1 aromatic rings. The van der Waals surface area contributed by atoms with Gasteiger partial charge < -0.3 is 4.74 Å². The molecule has 7 heteroatoms. The number of hydrogen-bond acceptors (Lipinski definition) is 5. The molecular weight excluding hydrogens is 237 g/mol. The van der Waals surface area contributed by atoms with Crippen LogP contribution in [0.5, 0.6) is 5.75 Å². The van der Waals surface area contributed by atoms with Crippen LogP contribution in [0.3, 0.4) is 0 Å². The van der Waals surface area contributed by atoms with E-state index in [0.717, 1.165) is 0 Å². The molecule has 0 fully saturated rings. The maximum atomic E-state index is 12.0. The number of oxime groups is 1. The standard InChI is InChI=1S/C9H10FNO4S/c1-7(11-15-16(10,12)13)8-3-5-9(14-2)6-4-8/h3-6H,1-2H3. The molecule has 0 saturated heterocycles. The van der Waals surface area contributed by atoms with Gasteiger partial charge in [0.1, 0.15) is 5.75 Å². The van der Waals surface area contributed by atoms with Crippen LogP contribution in [-0.4, -0.2) is 21.2 Å². The van der Waals surface area contributed by atoms with Crippen molar-refractivity contribution in [3.05, 3.63) is 29.8 Å². The zero-order chi connectivity index (χ0) is 12.2. The predicted octanol–water partition coefficient (Wildman–Crippen LogP) is 1.65. The minimum Gasteiger partial charge on any atom is -0.497 e. The van der Waals surface area contributed by atoms with Crippen LogP contribution in [0.15, 0.2) is 29.4 Å². The lowest BCUT2D eigenvalue weighted by Crippen LogP contribution is -1.99. The summed E-state index contributed by atoms with van der Waals surface area (Å²) >= 11 is 0. The molecule has 88 valence electrons. The number of nitrogens with zero attached hydrogens (tertiary/aromatic N) is 1. The Bertz CT molecular complexity index is 481. The lowest BCUT2D eigenvalue weighted by Gasteiger charge is -2.01. The highest BCUT2D eigenvalue weighted by molar-refractivity contribution is 7.81. The molecule has 0 heterocycles. The lowest BCUT2D eigenvalue weighted by molar-refractivity contribution is 0.311. The molecule has 1 aromatic carbocycles. The average molecular weight is 247 g/mol. The van der Waals surface area contributed by atoms with Crippen LogP contribution in [-0.2, 0) is 14.8 Å². The van der Waals surface area contributed by atoms with Crippen molar-refractivity contribution >= 4 is 16.2 Å². The van der Waals surface area contributed by atoms with Crippen LogP contribution in [0.4, 0.5) is 3.89 Å². The number of halogens is 1. The fourth-order valence-electron chi connectivity index (χ4n) is 0.985. The third-order valence-corrected chi connectivity index (χ3v) is 2.02. The van der Waals surface area contributed by atoms with Gasteiger partial charge in [-0.15, -0.1) is 0 Å². The first-order valence-corrected chi connectivity index (χ1v) is 5.55. The van der Waals surface area contributed by atoms with Crippen molar-refractivity contribution in [1.82, 2.24) is 0 Å². The summed E-state index contributed by atoms with van der Waals surface area (Å²) in [6.45, 7) is 1.49. The van der Waals surface area contributed by atoms with Gasteiger partial charge in [0.25, 0.3) is 0 Å². The summed E-state index contributed by atoms with van der Waals surface area (Å²) in [5, 5.41) is 3.13. The molecule has 0 aromatic heterocycles. The molecule has 5 nitrogen and oxygen atoms in total. The molecule has 0 aliphatic carbocycles. The van der Waals surface area contributed by atoms with Crippen molar-refractivity contribution in [3.8, 4) is 5.75 Å². The lowest BCUT2D eigenvalue weighted by atomic mass is 10.1. The average Bonchev–Trinajstić information content (AvgIpc) is 2.25. The van der Waals surface area contributed by atoms with Crippen molar-refractivity contribution in [2.24, 2.45) is 5.16 Å². The van der Waals surface area contributed by atoms with E-state index in [1.165, 1.54) is 14.0 Å². The third-order valence-electron chi connectivity index (χ3n) is 1.77. The zero-order valence-electron chi connectivity index (χ0n) is 8.68. The molecular formula is C9H10FNO4S. The monoisotopic (exact) mass is 247 g/mol. The Morgan fingerprint density at radius 3 is 2.31 bits per heavy atom. The second-order valence-corrected chi connectivity index (χ2v) is 3.81. The summed E-state index contributed by atoms with van der Waals surface area (Å²) < 4.78 is 40.7. The van der Waals surface area contributed by atoms with E-state index >= 15 is 0 Å². The van der Waals surface area contributed by atoms with Crippen LogP contribution >= 0.6 is 0 Å². The minimum atomic E-state index is -5.05. The molecule has 0 unspecified atom stereocenters. The first-order chi connectivity index (χ1) is 7.42. The summed E-state index contributed by atoms with van der Waals surface area (Å²) in [6.07, 6.45) is 0. The smallest absolute Gasteiger partial charge is 0.497 e. The Balaban J connectivity index is 2.84.